The molecule has 19 heavy (non-hydrogen) atoms. The molecule has 1 aromatic rings. The maximum atomic E-state index is 9.98. The summed E-state index contributed by atoms with van der Waals surface area (Å²) in [5.74, 6) is 1.23. The van der Waals surface area contributed by atoms with Crippen molar-refractivity contribution in [1.82, 2.24) is 4.98 Å². The van der Waals surface area contributed by atoms with Crippen LogP contribution in [0.3, 0.4) is 0 Å². The zero-order valence-corrected chi connectivity index (χ0v) is 12.6. The Labute approximate surface area is 115 Å². The lowest BCUT2D eigenvalue weighted by molar-refractivity contribution is -0.0587. The SMILES string of the molecule is CCCCC1(C)OCc2c(nc(C)c(O)c2C)N1C. The Morgan fingerprint density at radius 2 is 2.11 bits per heavy atom. The van der Waals surface area contributed by atoms with E-state index in [0.29, 0.717) is 12.3 Å². The quantitative estimate of drug-likeness (QED) is 0.910. The van der Waals surface area contributed by atoms with Gasteiger partial charge in [0.15, 0.2) is 0 Å². The van der Waals surface area contributed by atoms with Gasteiger partial charge in [0.1, 0.15) is 17.3 Å². The number of nitrogens with zero attached hydrogens (tertiary/aromatic N) is 2. The highest BCUT2D eigenvalue weighted by atomic mass is 16.5. The molecular formula is C15H24N2O2. The topological polar surface area (TPSA) is 45.6 Å². The summed E-state index contributed by atoms with van der Waals surface area (Å²) in [6.45, 7) is 8.59. The fourth-order valence-electron chi connectivity index (χ4n) is 2.60. The Kier molecular flexibility index (Phi) is 3.72. The van der Waals surface area contributed by atoms with Crippen molar-refractivity contribution < 1.29 is 9.84 Å². The number of rotatable bonds is 3. The standard InChI is InChI=1S/C15H24N2O2/c1-6-7-8-15(4)17(5)14-12(9-19-15)10(2)13(18)11(3)16-14/h18H,6-9H2,1-5H3. The van der Waals surface area contributed by atoms with Crippen LogP contribution in [0.1, 0.15) is 49.9 Å². The van der Waals surface area contributed by atoms with Crippen LogP contribution in [0, 0.1) is 13.8 Å². The van der Waals surface area contributed by atoms with Gasteiger partial charge in [-0.05, 0) is 33.6 Å². The molecular weight excluding hydrogens is 240 g/mol. The van der Waals surface area contributed by atoms with Gasteiger partial charge in [-0.2, -0.15) is 0 Å². The van der Waals surface area contributed by atoms with Crippen LogP contribution in [-0.4, -0.2) is 22.9 Å². The van der Waals surface area contributed by atoms with Crippen molar-refractivity contribution in [3.05, 3.63) is 16.8 Å². The first-order valence-corrected chi connectivity index (χ1v) is 6.97. The van der Waals surface area contributed by atoms with Crippen LogP contribution in [-0.2, 0) is 11.3 Å². The third kappa shape index (κ3) is 2.29. The number of aromatic nitrogens is 1. The molecule has 1 aliphatic heterocycles. The molecule has 0 aliphatic carbocycles. The Morgan fingerprint density at radius 1 is 1.42 bits per heavy atom. The number of ether oxygens (including phenoxy) is 1. The van der Waals surface area contributed by atoms with E-state index in [2.05, 4.69) is 23.7 Å². The van der Waals surface area contributed by atoms with Crippen molar-refractivity contribution in [2.45, 2.75) is 59.3 Å². The summed E-state index contributed by atoms with van der Waals surface area (Å²) in [6, 6.07) is 0. The van der Waals surface area contributed by atoms with Crippen LogP contribution >= 0.6 is 0 Å². The van der Waals surface area contributed by atoms with Crippen molar-refractivity contribution in [2.24, 2.45) is 0 Å². The van der Waals surface area contributed by atoms with Gasteiger partial charge in [-0.25, -0.2) is 4.98 Å². The highest BCUT2D eigenvalue weighted by Crippen LogP contribution is 2.39. The van der Waals surface area contributed by atoms with Gasteiger partial charge < -0.3 is 14.7 Å². The molecule has 106 valence electrons. The average Bonchev–Trinajstić information content (AvgIpc) is 2.39. The van der Waals surface area contributed by atoms with E-state index in [1.54, 1.807) is 0 Å². The molecule has 1 N–H and O–H groups in total. The molecule has 2 rings (SSSR count). The fraction of sp³-hybridized carbons (Fsp3) is 0.667. The summed E-state index contributed by atoms with van der Waals surface area (Å²) in [6.07, 6.45) is 3.27. The van der Waals surface area contributed by atoms with Crippen LogP contribution in [0.15, 0.2) is 0 Å². The summed E-state index contributed by atoms with van der Waals surface area (Å²) in [7, 11) is 2.02. The smallest absolute Gasteiger partial charge is 0.140 e. The molecule has 1 unspecified atom stereocenters. The molecule has 4 heteroatoms. The Morgan fingerprint density at radius 3 is 2.74 bits per heavy atom. The van der Waals surface area contributed by atoms with Gasteiger partial charge in [0.05, 0.1) is 12.3 Å². The van der Waals surface area contributed by atoms with E-state index in [0.717, 1.165) is 36.2 Å². The normalized spacial score (nSPS) is 22.5. The summed E-state index contributed by atoms with van der Waals surface area (Å²) >= 11 is 0. The van der Waals surface area contributed by atoms with Crippen molar-refractivity contribution >= 4 is 5.82 Å². The molecule has 2 heterocycles. The van der Waals surface area contributed by atoms with Crippen molar-refractivity contribution in [1.29, 1.82) is 0 Å². The van der Waals surface area contributed by atoms with E-state index >= 15 is 0 Å². The third-order valence-corrected chi connectivity index (χ3v) is 4.24. The second-order valence-corrected chi connectivity index (χ2v) is 5.60. The number of pyridine rings is 1. The molecule has 0 saturated heterocycles. The van der Waals surface area contributed by atoms with E-state index in [-0.39, 0.29) is 11.5 Å². The minimum atomic E-state index is -0.300. The largest absolute Gasteiger partial charge is 0.506 e. The highest BCUT2D eigenvalue weighted by Gasteiger charge is 2.37. The molecule has 1 atom stereocenters. The molecule has 4 nitrogen and oxygen atoms in total. The zero-order valence-electron chi connectivity index (χ0n) is 12.6. The Balaban J connectivity index is 2.41. The zero-order chi connectivity index (χ0) is 14.2. The molecule has 0 bridgehead atoms. The third-order valence-electron chi connectivity index (χ3n) is 4.24. The number of fused-ring (bicyclic) bond motifs is 1. The summed E-state index contributed by atoms with van der Waals surface area (Å²) < 4.78 is 6.06. The monoisotopic (exact) mass is 264 g/mol. The van der Waals surface area contributed by atoms with Gasteiger partial charge in [-0.3, -0.25) is 0 Å². The molecule has 1 aromatic heterocycles. The predicted molar refractivity (Wildman–Crippen MR) is 76.5 cm³/mol. The summed E-state index contributed by atoms with van der Waals surface area (Å²) in [5.41, 5.74) is 2.26. The van der Waals surface area contributed by atoms with E-state index in [4.69, 9.17) is 4.74 Å². The van der Waals surface area contributed by atoms with Crippen molar-refractivity contribution in [3.63, 3.8) is 0 Å². The molecule has 0 saturated carbocycles. The number of aromatic hydroxyl groups is 1. The Hall–Kier alpha value is -1.29. The van der Waals surface area contributed by atoms with Gasteiger partial charge in [0.25, 0.3) is 0 Å². The van der Waals surface area contributed by atoms with Crippen LogP contribution in [0.4, 0.5) is 5.82 Å². The first-order valence-electron chi connectivity index (χ1n) is 6.97. The minimum absolute atomic E-state index is 0.285. The number of hydrogen-bond acceptors (Lipinski definition) is 4. The lowest BCUT2D eigenvalue weighted by Gasteiger charge is -2.44. The lowest BCUT2D eigenvalue weighted by atomic mass is 10.0. The number of aryl methyl sites for hydroxylation is 1. The van der Waals surface area contributed by atoms with Crippen molar-refractivity contribution in [3.8, 4) is 5.75 Å². The van der Waals surface area contributed by atoms with Crippen LogP contribution < -0.4 is 4.90 Å². The molecule has 0 fully saturated rings. The average molecular weight is 264 g/mol. The van der Waals surface area contributed by atoms with E-state index in [1.807, 2.05) is 20.9 Å². The van der Waals surface area contributed by atoms with Crippen LogP contribution in [0.5, 0.6) is 5.75 Å². The fourth-order valence-corrected chi connectivity index (χ4v) is 2.60. The maximum absolute atomic E-state index is 9.98. The van der Waals surface area contributed by atoms with E-state index < -0.39 is 0 Å². The van der Waals surface area contributed by atoms with E-state index in [9.17, 15) is 5.11 Å². The maximum Gasteiger partial charge on any atom is 0.140 e. The minimum Gasteiger partial charge on any atom is -0.506 e. The van der Waals surface area contributed by atoms with Gasteiger partial charge in [0, 0.05) is 18.2 Å². The van der Waals surface area contributed by atoms with Gasteiger partial charge in [-0.15, -0.1) is 0 Å². The van der Waals surface area contributed by atoms with Gasteiger partial charge in [0.2, 0.25) is 0 Å². The predicted octanol–water partition coefficient (Wildman–Crippen LogP) is 3.28. The molecule has 0 amide bonds. The molecule has 0 spiro atoms. The molecule has 0 radical (unpaired) electrons. The number of unbranched alkanes of at least 4 members (excludes halogenated alkanes) is 1. The second kappa shape index (κ2) is 5.00. The first kappa shape index (κ1) is 14.1. The van der Waals surface area contributed by atoms with E-state index in [1.165, 1.54) is 0 Å². The summed E-state index contributed by atoms with van der Waals surface area (Å²) in [5, 5.41) is 9.98. The first-order chi connectivity index (χ1) is 8.90. The van der Waals surface area contributed by atoms with Crippen LogP contribution in [0.2, 0.25) is 0 Å². The summed E-state index contributed by atoms with van der Waals surface area (Å²) in [4.78, 5) is 6.67. The number of hydrogen-bond donors (Lipinski definition) is 1. The van der Waals surface area contributed by atoms with Gasteiger partial charge in [-0.1, -0.05) is 13.3 Å². The lowest BCUT2D eigenvalue weighted by Crippen LogP contribution is -2.50. The molecule has 0 aromatic carbocycles. The number of anilines is 1. The van der Waals surface area contributed by atoms with Crippen LogP contribution in [0.25, 0.3) is 0 Å². The second-order valence-electron chi connectivity index (χ2n) is 5.60. The van der Waals surface area contributed by atoms with Crippen molar-refractivity contribution in [2.75, 3.05) is 11.9 Å². The highest BCUT2D eigenvalue weighted by molar-refractivity contribution is 5.58. The Bertz CT molecular complexity index is 488. The molecule has 1 aliphatic rings. The van der Waals surface area contributed by atoms with Gasteiger partial charge >= 0.3 is 0 Å².